The van der Waals surface area contributed by atoms with Crippen molar-refractivity contribution in [2.75, 3.05) is 6.61 Å². The van der Waals surface area contributed by atoms with Crippen molar-refractivity contribution in [2.45, 2.75) is 6.92 Å². The molecule has 15 heavy (non-hydrogen) atoms. The zero-order chi connectivity index (χ0) is 10.8. The smallest absolute Gasteiger partial charge is 0.341 e. The zero-order valence-electron chi connectivity index (χ0n) is 8.06. The maximum absolute atomic E-state index is 10.3. The fraction of sp³-hybridized carbons (Fsp3) is 0.200. The molecule has 2 aromatic rings. The van der Waals surface area contributed by atoms with Crippen LogP contribution in [0.2, 0.25) is 0 Å². The van der Waals surface area contributed by atoms with E-state index < -0.39 is 12.6 Å². The maximum Gasteiger partial charge on any atom is 0.341 e. The largest absolute Gasteiger partial charge is 0.479 e. The number of aromatic nitrogens is 1. The van der Waals surface area contributed by atoms with Crippen LogP contribution in [-0.4, -0.2) is 22.8 Å². The minimum absolute atomic E-state index is 0.215. The van der Waals surface area contributed by atoms with Gasteiger partial charge in [-0.25, -0.2) is 4.79 Å². The van der Waals surface area contributed by atoms with Crippen molar-refractivity contribution in [1.29, 1.82) is 0 Å². The molecule has 0 saturated heterocycles. The van der Waals surface area contributed by atoms with Crippen LogP contribution in [0.25, 0.3) is 11.0 Å². The number of rotatable bonds is 3. The first kappa shape index (κ1) is 9.51. The number of carbonyl (C=O) groups is 1. The molecule has 0 unspecified atom stereocenters. The van der Waals surface area contributed by atoms with Crippen molar-refractivity contribution in [3.8, 4) is 5.88 Å². The van der Waals surface area contributed by atoms with Crippen LogP contribution >= 0.6 is 0 Å². The molecule has 1 aromatic carbocycles. The van der Waals surface area contributed by atoms with Gasteiger partial charge in [0.15, 0.2) is 12.2 Å². The Morgan fingerprint density at radius 3 is 3.13 bits per heavy atom. The van der Waals surface area contributed by atoms with Gasteiger partial charge in [0, 0.05) is 0 Å². The van der Waals surface area contributed by atoms with Gasteiger partial charge in [0.05, 0.1) is 5.39 Å². The summed E-state index contributed by atoms with van der Waals surface area (Å²) in [6.07, 6.45) is 0. The number of hydrogen-bond acceptors (Lipinski definition) is 4. The maximum atomic E-state index is 10.3. The first-order valence-electron chi connectivity index (χ1n) is 4.37. The van der Waals surface area contributed by atoms with E-state index in [1.54, 1.807) is 6.07 Å². The van der Waals surface area contributed by atoms with E-state index in [0.29, 0.717) is 11.0 Å². The molecule has 78 valence electrons. The number of aryl methyl sites for hydroxylation is 1. The SMILES string of the molecule is Cc1ccc2c(OCC(=O)O)noc2c1. The van der Waals surface area contributed by atoms with Crippen LogP contribution in [-0.2, 0) is 4.79 Å². The van der Waals surface area contributed by atoms with E-state index >= 15 is 0 Å². The van der Waals surface area contributed by atoms with E-state index in [1.807, 2.05) is 19.1 Å². The summed E-state index contributed by atoms with van der Waals surface area (Å²) in [6.45, 7) is 1.51. The summed E-state index contributed by atoms with van der Waals surface area (Å²) in [5.74, 6) is -0.828. The lowest BCUT2D eigenvalue weighted by Gasteiger charge is -1.97. The number of hydrogen-bond donors (Lipinski definition) is 1. The van der Waals surface area contributed by atoms with Gasteiger partial charge in [0.2, 0.25) is 0 Å². The fourth-order valence-corrected chi connectivity index (χ4v) is 1.26. The third-order valence-electron chi connectivity index (χ3n) is 1.93. The molecule has 2 rings (SSSR count). The van der Waals surface area contributed by atoms with Gasteiger partial charge in [-0.2, -0.15) is 0 Å². The van der Waals surface area contributed by atoms with Crippen LogP contribution in [0.1, 0.15) is 5.56 Å². The molecule has 0 aliphatic rings. The lowest BCUT2D eigenvalue weighted by atomic mass is 10.2. The van der Waals surface area contributed by atoms with Gasteiger partial charge in [-0.3, -0.25) is 0 Å². The van der Waals surface area contributed by atoms with Crippen LogP contribution in [0.5, 0.6) is 5.88 Å². The second-order valence-corrected chi connectivity index (χ2v) is 3.17. The lowest BCUT2D eigenvalue weighted by molar-refractivity contribution is -0.139. The number of aliphatic carboxylic acids is 1. The summed E-state index contributed by atoms with van der Waals surface area (Å²) >= 11 is 0. The van der Waals surface area contributed by atoms with E-state index in [9.17, 15) is 4.79 Å². The Balaban J connectivity index is 2.32. The highest BCUT2D eigenvalue weighted by atomic mass is 16.5. The first-order chi connectivity index (χ1) is 7.16. The Morgan fingerprint density at radius 1 is 1.60 bits per heavy atom. The number of ether oxygens (including phenoxy) is 1. The predicted molar refractivity (Wildman–Crippen MR) is 51.9 cm³/mol. The Kier molecular flexibility index (Phi) is 2.29. The van der Waals surface area contributed by atoms with Crippen LogP contribution in [0.3, 0.4) is 0 Å². The third kappa shape index (κ3) is 1.90. The normalized spacial score (nSPS) is 10.5. The van der Waals surface area contributed by atoms with E-state index in [0.717, 1.165) is 5.56 Å². The summed E-state index contributed by atoms with van der Waals surface area (Å²) in [4.78, 5) is 10.3. The average Bonchev–Trinajstić information content (AvgIpc) is 2.57. The molecule has 0 spiro atoms. The molecule has 0 fully saturated rings. The molecule has 1 aromatic heterocycles. The topological polar surface area (TPSA) is 72.6 Å². The van der Waals surface area contributed by atoms with Crippen LogP contribution < -0.4 is 4.74 Å². The number of benzene rings is 1. The van der Waals surface area contributed by atoms with E-state index in [1.165, 1.54) is 0 Å². The highest BCUT2D eigenvalue weighted by Gasteiger charge is 2.10. The molecule has 1 N–H and O–H groups in total. The monoisotopic (exact) mass is 207 g/mol. The van der Waals surface area contributed by atoms with Crippen molar-refractivity contribution < 1.29 is 19.2 Å². The van der Waals surface area contributed by atoms with Gasteiger partial charge < -0.3 is 14.4 Å². The zero-order valence-corrected chi connectivity index (χ0v) is 8.06. The Bertz CT molecular complexity index is 503. The Labute approximate surface area is 85.2 Å². The van der Waals surface area contributed by atoms with Crippen molar-refractivity contribution in [1.82, 2.24) is 5.16 Å². The average molecular weight is 207 g/mol. The second kappa shape index (κ2) is 3.61. The van der Waals surface area contributed by atoms with E-state index in [2.05, 4.69) is 5.16 Å². The third-order valence-corrected chi connectivity index (χ3v) is 1.93. The second-order valence-electron chi connectivity index (χ2n) is 3.17. The Hall–Kier alpha value is -2.04. The molecular formula is C10H9NO4. The summed E-state index contributed by atoms with van der Waals surface area (Å²) in [5.41, 5.74) is 1.64. The predicted octanol–water partition coefficient (Wildman–Crippen LogP) is 1.60. The molecule has 0 aliphatic carbocycles. The molecule has 0 saturated carbocycles. The summed E-state index contributed by atoms with van der Waals surface area (Å²) in [7, 11) is 0. The fourth-order valence-electron chi connectivity index (χ4n) is 1.26. The van der Waals surface area contributed by atoms with Gasteiger partial charge in [0.1, 0.15) is 0 Å². The molecule has 0 atom stereocenters. The molecule has 0 amide bonds. The number of carboxylic acids is 1. The molecule has 5 heteroatoms. The van der Waals surface area contributed by atoms with E-state index in [4.69, 9.17) is 14.4 Å². The van der Waals surface area contributed by atoms with E-state index in [-0.39, 0.29) is 5.88 Å². The van der Waals surface area contributed by atoms with Gasteiger partial charge in [-0.1, -0.05) is 6.07 Å². The number of carboxylic acid groups (broad SMARTS) is 1. The highest BCUT2D eigenvalue weighted by molar-refractivity contribution is 5.83. The number of nitrogens with zero attached hydrogens (tertiary/aromatic N) is 1. The van der Waals surface area contributed by atoms with Gasteiger partial charge in [0.25, 0.3) is 5.88 Å². The molecule has 1 heterocycles. The minimum atomic E-state index is -1.04. The molecular weight excluding hydrogens is 198 g/mol. The van der Waals surface area contributed by atoms with Gasteiger partial charge in [-0.05, 0) is 29.8 Å². The molecule has 0 aliphatic heterocycles. The number of fused-ring (bicyclic) bond motifs is 1. The van der Waals surface area contributed by atoms with Crippen LogP contribution in [0, 0.1) is 6.92 Å². The quantitative estimate of drug-likeness (QED) is 0.827. The van der Waals surface area contributed by atoms with Crippen LogP contribution in [0.15, 0.2) is 22.7 Å². The molecule has 0 bridgehead atoms. The first-order valence-corrected chi connectivity index (χ1v) is 4.37. The van der Waals surface area contributed by atoms with Gasteiger partial charge in [-0.15, -0.1) is 0 Å². The van der Waals surface area contributed by atoms with Crippen molar-refractivity contribution in [3.05, 3.63) is 23.8 Å². The lowest BCUT2D eigenvalue weighted by Crippen LogP contribution is -2.09. The summed E-state index contributed by atoms with van der Waals surface area (Å²) in [6, 6.07) is 5.49. The van der Waals surface area contributed by atoms with Crippen molar-refractivity contribution >= 4 is 16.9 Å². The summed E-state index contributed by atoms with van der Waals surface area (Å²) < 4.78 is 9.95. The molecule has 0 radical (unpaired) electrons. The van der Waals surface area contributed by atoms with Crippen molar-refractivity contribution in [2.24, 2.45) is 0 Å². The Morgan fingerprint density at radius 2 is 2.40 bits per heavy atom. The molecule has 5 nitrogen and oxygen atoms in total. The van der Waals surface area contributed by atoms with Crippen LogP contribution in [0.4, 0.5) is 0 Å². The summed E-state index contributed by atoms with van der Waals surface area (Å²) in [5, 5.41) is 12.8. The highest BCUT2D eigenvalue weighted by Crippen LogP contribution is 2.25. The van der Waals surface area contributed by atoms with Gasteiger partial charge >= 0.3 is 5.97 Å². The van der Waals surface area contributed by atoms with Crippen molar-refractivity contribution in [3.63, 3.8) is 0 Å². The standard InChI is InChI=1S/C10H9NO4/c1-6-2-3-7-8(4-6)15-11-10(7)14-5-9(12)13/h2-4H,5H2,1H3,(H,12,13). The minimum Gasteiger partial charge on any atom is -0.479 e.